The van der Waals surface area contributed by atoms with E-state index in [-0.39, 0.29) is 6.04 Å². The zero-order valence-corrected chi connectivity index (χ0v) is 12.4. The molecule has 0 amide bonds. The van der Waals surface area contributed by atoms with E-state index in [1.807, 2.05) is 4.68 Å². The van der Waals surface area contributed by atoms with Crippen LogP contribution in [0, 0.1) is 4.64 Å². The highest BCUT2D eigenvalue weighted by molar-refractivity contribution is 7.71. The number of aromatic nitrogens is 4. The Balaban J connectivity index is 2.16. The summed E-state index contributed by atoms with van der Waals surface area (Å²) >= 11 is 5.31. The highest BCUT2D eigenvalue weighted by Crippen LogP contribution is 2.25. The van der Waals surface area contributed by atoms with Gasteiger partial charge < -0.3 is 15.4 Å². The number of ether oxygens (including phenoxy) is 1. The van der Waals surface area contributed by atoms with Gasteiger partial charge in [0.25, 0.3) is 0 Å². The summed E-state index contributed by atoms with van der Waals surface area (Å²) in [4.78, 5) is 11.1. The van der Waals surface area contributed by atoms with Crippen LogP contribution in [0.15, 0.2) is 0 Å². The molecule has 1 aliphatic heterocycles. The summed E-state index contributed by atoms with van der Waals surface area (Å²) in [7, 11) is 0. The van der Waals surface area contributed by atoms with Crippen molar-refractivity contribution in [1.29, 1.82) is 0 Å². The SMILES string of the molecule is CC(C)n1[nH]c(=S)c2c(N)nc(N3CCOCC3)nc21. The minimum absolute atomic E-state index is 0.223. The average molecular weight is 294 g/mol. The van der Waals surface area contributed by atoms with Gasteiger partial charge in [0.05, 0.1) is 18.6 Å². The molecule has 1 aliphatic rings. The maximum Gasteiger partial charge on any atom is 0.229 e. The van der Waals surface area contributed by atoms with Crippen molar-refractivity contribution >= 4 is 35.0 Å². The number of hydrogen-bond acceptors (Lipinski definition) is 6. The van der Waals surface area contributed by atoms with Crippen molar-refractivity contribution in [3.63, 3.8) is 0 Å². The number of nitrogens with two attached hydrogens (primary N) is 1. The Hall–Kier alpha value is -1.67. The average Bonchev–Trinajstić information content (AvgIpc) is 2.78. The summed E-state index contributed by atoms with van der Waals surface area (Å²) in [5.74, 6) is 1.07. The first-order valence-corrected chi connectivity index (χ1v) is 7.09. The largest absolute Gasteiger partial charge is 0.383 e. The van der Waals surface area contributed by atoms with E-state index in [2.05, 4.69) is 33.8 Å². The second-order valence-electron chi connectivity index (χ2n) is 5.11. The zero-order chi connectivity index (χ0) is 14.3. The van der Waals surface area contributed by atoms with E-state index < -0.39 is 0 Å². The monoisotopic (exact) mass is 294 g/mol. The first-order valence-electron chi connectivity index (χ1n) is 6.68. The van der Waals surface area contributed by atoms with Crippen LogP contribution >= 0.6 is 12.2 Å². The van der Waals surface area contributed by atoms with E-state index in [1.54, 1.807) is 0 Å². The third-order valence-electron chi connectivity index (χ3n) is 3.39. The Morgan fingerprint density at radius 3 is 2.65 bits per heavy atom. The molecule has 1 fully saturated rings. The molecule has 2 aromatic heterocycles. The molecule has 1 saturated heterocycles. The number of nitrogens with one attached hydrogen (secondary N) is 1. The third-order valence-corrected chi connectivity index (χ3v) is 3.69. The number of aromatic amines is 1. The van der Waals surface area contributed by atoms with Crippen LogP contribution < -0.4 is 10.6 Å². The van der Waals surface area contributed by atoms with Crippen molar-refractivity contribution < 1.29 is 4.74 Å². The van der Waals surface area contributed by atoms with Crippen molar-refractivity contribution in [1.82, 2.24) is 19.7 Å². The lowest BCUT2D eigenvalue weighted by Crippen LogP contribution is -2.37. The van der Waals surface area contributed by atoms with Crippen molar-refractivity contribution in [2.45, 2.75) is 19.9 Å². The van der Waals surface area contributed by atoms with Gasteiger partial charge in [0.2, 0.25) is 5.95 Å². The van der Waals surface area contributed by atoms with Gasteiger partial charge in [-0.2, -0.15) is 9.97 Å². The third kappa shape index (κ3) is 2.14. The Labute approximate surface area is 121 Å². The van der Waals surface area contributed by atoms with Crippen molar-refractivity contribution in [3.8, 4) is 0 Å². The summed E-state index contributed by atoms with van der Waals surface area (Å²) < 4.78 is 7.86. The molecule has 0 aliphatic carbocycles. The van der Waals surface area contributed by atoms with Crippen LogP contribution in [0.3, 0.4) is 0 Å². The number of nitrogen functional groups attached to an aromatic ring is 1. The minimum atomic E-state index is 0.223. The van der Waals surface area contributed by atoms with Gasteiger partial charge in [0, 0.05) is 19.1 Å². The quantitative estimate of drug-likeness (QED) is 0.816. The van der Waals surface area contributed by atoms with Crippen molar-refractivity contribution in [2.24, 2.45) is 0 Å². The molecular formula is C12H18N6OS. The van der Waals surface area contributed by atoms with Crippen molar-refractivity contribution in [2.75, 3.05) is 36.9 Å². The zero-order valence-electron chi connectivity index (χ0n) is 11.6. The number of anilines is 2. The van der Waals surface area contributed by atoms with Crippen LogP contribution in [-0.2, 0) is 4.74 Å². The van der Waals surface area contributed by atoms with Gasteiger partial charge in [-0.05, 0) is 13.8 Å². The van der Waals surface area contributed by atoms with Crippen LogP contribution in [-0.4, -0.2) is 46.1 Å². The summed E-state index contributed by atoms with van der Waals surface area (Å²) in [5, 5.41) is 3.86. The topological polar surface area (TPSA) is 85.0 Å². The van der Waals surface area contributed by atoms with Gasteiger partial charge in [-0.25, -0.2) is 0 Å². The Bertz CT molecular complexity index is 685. The molecule has 0 aromatic carbocycles. The van der Waals surface area contributed by atoms with Gasteiger partial charge in [-0.15, -0.1) is 0 Å². The standard InChI is InChI=1S/C12H18N6OS/c1-7(2)18-10-8(11(20)16-18)9(13)14-12(15-10)17-3-5-19-6-4-17/h7H,3-6H2,1-2H3,(H,16,20)(H2,13,14,15). The summed E-state index contributed by atoms with van der Waals surface area (Å²) in [6.45, 7) is 7.06. The van der Waals surface area contributed by atoms with E-state index in [9.17, 15) is 0 Å². The summed E-state index contributed by atoms with van der Waals surface area (Å²) in [6.07, 6.45) is 0. The molecule has 2 aromatic rings. The first-order chi connectivity index (χ1) is 9.58. The summed E-state index contributed by atoms with van der Waals surface area (Å²) in [5.41, 5.74) is 6.83. The molecule has 0 saturated carbocycles. The van der Waals surface area contributed by atoms with E-state index in [0.717, 1.165) is 24.1 Å². The van der Waals surface area contributed by atoms with Crippen LogP contribution in [0.4, 0.5) is 11.8 Å². The Morgan fingerprint density at radius 1 is 1.30 bits per heavy atom. The smallest absolute Gasteiger partial charge is 0.229 e. The molecule has 3 rings (SSSR count). The van der Waals surface area contributed by atoms with Gasteiger partial charge in [0.15, 0.2) is 5.65 Å². The number of nitrogens with zero attached hydrogens (tertiary/aromatic N) is 4. The Kier molecular flexibility index (Phi) is 3.35. The normalized spacial score (nSPS) is 16.2. The highest BCUT2D eigenvalue weighted by Gasteiger charge is 2.19. The molecule has 0 atom stereocenters. The predicted octanol–water partition coefficient (Wildman–Crippen LogP) is 1.49. The molecule has 0 radical (unpaired) electrons. The molecule has 3 heterocycles. The Morgan fingerprint density at radius 2 is 2.00 bits per heavy atom. The lowest BCUT2D eigenvalue weighted by molar-refractivity contribution is 0.122. The highest BCUT2D eigenvalue weighted by atomic mass is 32.1. The van der Waals surface area contributed by atoms with Crippen molar-refractivity contribution in [3.05, 3.63) is 4.64 Å². The van der Waals surface area contributed by atoms with Gasteiger partial charge in [-0.1, -0.05) is 12.2 Å². The second kappa shape index (κ2) is 5.02. The lowest BCUT2D eigenvalue weighted by atomic mass is 10.3. The molecule has 20 heavy (non-hydrogen) atoms. The summed E-state index contributed by atoms with van der Waals surface area (Å²) in [6, 6.07) is 0.223. The van der Waals surface area contributed by atoms with E-state index in [0.29, 0.717) is 29.6 Å². The molecule has 0 bridgehead atoms. The van der Waals surface area contributed by atoms with E-state index >= 15 is 0 Å². The molecule has 8 heteroatoms. The fraction of sp³-hybridized carbons (Fsp3) is 0.583. The van der Waals surface area contributed by atoms with Crippen LogP contribution in [0.5, 0.6) is 0 Å². The predicted molar refractivity (Wildman–Crippen MR) is 80.5 cm³/mol. The molecule has 0 unspecified atom stereocenters. The van der Waals surface area contributed by atoms with Crippen LogP contribution in [0.25, 0.3) is 11.0 Å². The maximum absolute atomic E-state index is 6.07. The van der Waals surface area contributed by atoms with Crippen LogP contribution in [0.2, 0.25) is 0 Å². The molecule has 3 N–H and O–H groups in total. The van der Waals surface area contributed by atoms with Crippen LogP contribution in [0.1, 0.15) is 19.9 Å². The minimum Gasteiger partial charge on any atom is -0.383 e. The number of hydrogen-bond donors (Lipinski definition) is 2. The molecule has 108 valence electrons. The number of H-pyrrole nitrogens is 1. The van der Waals surface area contributed by atoms with Gasteiger partial charge in [-0.3, -0.25) is 9.78 Å². The lowest BCUT2D eigenvalue weighted by Gasteiger charge is -2.26. The fourth-order valence-electron chi connectivity index (χ4n) is 2.34. The number of rotatable bonds is 2. The number of morpholine rings is 1. The second-order valence-corrected chi connectivity index (χ2v) is 5.52. The molecule has 0 spiro atoms. The van der Waals surface area contributed by atoms with E-state index in [1.165, 1.54) is 0 Å². The first kappa shape index (κ1) is 13.3. The number of fused-ring (bicyclic) bond motifs is 1. The fourth-order valence-corrected chi connectivity index (χ4v) is 2.64. The van der Waals surface area contributed by atoms with Gasteiger partial charge in [0.1, 0.15) is 10.5 Å². The molecule has 7 nitrogen and oxygen atoms in total. The maximum atomic E-state index is 6.07. The molecular weight excluding hydrogens is 276 g/mol. The van der Waals surface area contributed by atoms with E-state index in [4.69, 9.17) is 22.7 Å². The van der Waals surface area contributed by atoms with Gasteiger partial charge >= 0.3 is 0 Å².